The highest BCUT2D eigenvalue weighted by Crippen LogP contribution is 2.38. The van der Waals surface area contributed by atoms with Gasteiger partial charge in [-0.25, -0.2) is 0 Å². The van der Waals surface area contributed by atoms with Gasteiger partial charge in [-0.3, -0.25) is 0 Å². The van der Waals surface area contributed by atoms with Crippen molar-refractivity contribution in [1.82, 2.24) is 5.32 Å². The first kappa shape index (κ1) is 13.4. The fourth-order valence-electron chi connectivity index (χ4n) is 3.86. The van der Waals surface area contributed by atoms with Crippen molar-refractivity contribution in [2.45, 2.75) is 50.6 Å². The van der Waals surface area contributed by atoms with Crippen LogP contribution in [0, 0.1) is 0 Å². The Labute approximate surface area is 129 Å². The lowest BCUT2D eigenvalue weighted by atomic mass is 9.85. The van der Waals surface area contributed by atoms with Crippen LogP contribution in [-0.4, -0.2) is 5.11 Å². The Balaban J connectivity index is 1.61. The van der Waals surface area contributed by atoms with Gasteiger partial charge >= 0.3 is 0 Å². The van der Waals surface area contributed by atoms with Crippen molar-refractivity contribution in [2.24, 2.45) is 0 Å². The minimum Gasteiger partial charge on any atom is -0.508 e. The van der Waals surface area contributed by atoms with Crippen molar-refractivity contribution < 1.29 is 5.11 Å². The lowest BCUT2D eigenvalue weighted by Crippen LogP contribution is -2.30. The molecule has 4 rings (SSSR count). The third-order valence-corrected chi connectivity index (χ3v) is 5.89. The number of hydrogen-bond acceptors (Lipinski definition) is 3. The molecule has 2 aromatic rings. The third kappa shape index (κ3) is 2.49. The molecule has 0 fully saturated rings. The standard InChI is InChI=1S/C18H21NOS/c20-13-8-7-12-3-1-4-17(15(12)11-13)19-16-5-2-6-18-14(16)9-10-21-18/h7-11,16-17,19-20H,1-6H2. The summed E-state index contributed by atoms with van der Waals surface area (Å²) in [6.45, 7) is 0. The van der Waals surface area contributed by atoms with E-state index in [-0.39, 0.29) is 0 Å². The van der Waals surface area contributed by atoms with Crippen LogP contribution in [0.3, 0.4) is 0 Å². The molecule has 2 unspecified atom stereocenters. The van der Waals surface area contributed by atoms with Gasteiger partial charge in [0.2, 0.25) is 0 Å². The second-order valence-electron chi connectivity index (χ2n) is 6.24. The van der Waals surface area contributed by atoms with Crippen LogP contribution in [-0.2, 0) is 12.8 Å². The molecule has 3 heteroatoms. The quantitative estimate of drug-likeness (QED) is 0.856. The van der Waals surface area contributed by atoms with Gasteiger partial charge in [-0.1, -0.05) is 6.07 Å². The van der Waals surface area contributed by atoms with E-state index in [1.165, 1.54) is 48.8 Å². The zero-order valence-electron chi connectivity index (χ0n) is 12.1. The summed E-state index contributed by atoms with van der Waals surface area (Å²) in [6.07, 6.45) is 7.31. The van der Waals surface area contributed by atoms with Crippen LogP contribution >= 0.6 is 11.3 Å². The zero-order chi connectivity index (χ0) is 14.2. The number of benzene rings is 1. The molecule has 110 valence electrons. The van der Waals surface area contributed by atoms with Gasteiger partial charge in [-0.15, -0.1) is 11.3 Å². The van der Waals surface area contributed by atoms with Crippen molar-refractivity contribution in [1.29, 1.82) is 0 Å². The largest absolute Gasteiger partial charge is 0.508 e. The summed E-state index contributed by atoms with van der Waals surface area (Å²) in [7, 11) is 0. The fourth-order valence-corrected chi connectivity index (χ4v) is 4.85. The van der Waals surface area contributed by atoms with Gasteiger partial charge in [0.25, 0.3) is 0 Å². The summed E-state index contributed by atoms with van der Waals surface area (Å²) in [4.78, 5) is 1.56. The second-order valence-corrected chi connectivity index (χ2v) is 7.24. The Kier molecular flexibility index (Phi) is 3.48. The maximum atomic E-state index is 9.81. The molecular weight excluding hydrogens is 278 g/mol. The molecule has 2 aliphatic carbocycles. The molecule has 0 saturated carbocycles. The predicted octanol–water partition coefficient (Wildman–Crippen LogP) is 4.50. The molecule has 2 N–H and O–H groups in total. The first-order valence-corrected chi connectivity index (χ1v) is 8.83. The molecule has 0 saturated heterocycles. The van der Waals surface area contributed by atoms with E-state index in [9.17, 15) is 5.11 Å². The molecule has 2 aliphatic rings. The lowest BCUT2D eigenvalue weighted by molar-refractivity contribution is 0.369. The predicted molar refractivity (Wildman–Crippen MR) is 86.9 cm³/mol. The van der Waals surface area contributed by atoms with Gasteiger partial charge in [-0.2, -0.15) is 0 Å². The monoisotopic (exact) mass is 299 g/mol. The van der Waals surface area contributed by atoms with E-state index in [4.69, 9.17) is 0 Å². The van der Waals surface area contributed by atoms with Crippen molar-refractivity contribution in [3.05, 3.63) is 51.2 Å². The van der Waals surface area contributed by atoms with Gasteiger partial charge in [0.05, 0.1) is 0 Å². The van der Waals surface area contributed by atoms with Crippen molar-refractivity contribution in [3.63, 3.8) is 0 Å². The lowest BCUT2D eigenvalue weighted by Gasteiger charge is -2.32. The van der Waals surface area contributed by atoms with E-state index >= 15 is 0 Å². The molecule has 0 amide bonds. The summed E-state index contributed by atoms with van der Waals surface area (Å²) >= 11 is 1.90. The smallest absolute Gasteiger partial charge is 0.115 e. The van der Waals surface area contributed by atoms with E-state index < -0.39 is 0 Å². The van der Waals surface area contributed by atoms with E-state index in [0.717, 1.165) is 6.42 Å². The number of thiophene rings is 1. The second kappa shape index (κ2) is 5.47. The number of nitrogens with one attached hydrogen (secondary N) is 1. The summed E-state index contributed by atoms with van der Waals surface area (Å²) in [5.74, 6) is 0.391. The Hall–Kier alpha value is -1.32. The van der Waals surface area contributed by atoms with Crippen LogP contribution in [0.2, 0.25) is 0 Å². The van der Waals surface area contributed by atoms with Gasteiger partial charge in [-0.05, 0) is 78.8 Å². The number of rotatable bonds is 2. The average Bonchev–Trinajstić information content (AvgIpc) is 2.97. The van der Waals surface area contributed by atoms with E-state index in [1.54, 1.807) is 4.88 Å². The Morgan fingerprint density at radius 1 is 1.00 bits per heavy atom. The highest BCUT2D eigenvalue weighted by atomic mass is 32.1. The fraction of sp³-hybridized carbons (Fsp3) is 0.444. The number of aromatic hydroxyl groups is 1. The topological polar surface area (TPSA) is 32.3 Å². The van der Waals surface area contributed by atoms with Crippen molar-refractivity contribution in [3.8, 4) is 5.75 Å². The van der Waals surface area contributed by atoms with Crippen LogP contribution in [0.5, 0.6) is 5.75 Å². The molecule has 0 spiro atoms. The van der Waals surface area contributed by atoms with Crippen LogP contribution in [0.1, 0.15) is 59.3 Å². The molecule has 1 aromatic carbocycles. The number of aryl methyl sites for hydroxylation is 2. The average molecular weight is 299 g/mol. The summed E-state index contributed by atoms with van der Waals surface area (Å²) in [6, 6.07) is 9.04. The summed E-state index contributed by atoms with van der Waals surface area (Å²) < 4.78 is 0. The van der Waals surface area contributed by atoms with Crippen LogP contribution < -0.4 is 5.32 Å². The highest BCUT2D eigenvalue weighted by Gasteiger charge is 2.27. The van der Waals surface area contributed by atoms with E-state index in [0.29, 0.717) is 17.8 Å². The first-order valence-electron chi connectivity index (χ1n) is 7.95. The molecule has 0 radical (unpaired) electrons. The van der Waals surface area contributed by atoms with E-state index in [2.05, 4.69) is 22.8 Å². The summed E-state index contributed by atoms with van der Waals surface area (Å²) in [5, 5.41) is 15.9. The number of phenolic OH excluding ortho intramolecular Hbond substituents is 1. The molecule has 1 aromatic heterocycles. The normalized spacial score (nSPS) is 24.4. The third-order valence-electron chi connectivity index (χ3n) is 4.90. The molecule has 2 atom stereocenters. The van der Waals surface area contributed by atoms with Gasteiger partial charge < -0.3 is 10.4 Å². The van der Waals surface area contributed by atoms with E-state index in [1.807, 2.05) is 23.5 Å². The molecule has 1 heterocycles. The minimum atomic E-state index is 0.386. The Morgan fingerprint density at radius 2 is 1.81 bits per heavy atom. The number of fused-ring (bicyclic) bond motifs is 2. The van der Waals surface area contributed by atoms with Crippen molar-refractivity contribution in [2.75, 3.05) is 0 Å². The number of phenols is 1. The van der Waals surface area contributed by atoms with Crippen LogP contribution in [0.15, 0.2) is 29.6 Å². The maximum Gasteiger partial charge on any atom is 0.115 e. The maximum absolute atomic E-state index is 9.81. The molecular formula is C18H21NOS. The van der Waals surface area contributed by atoms with Gasteiger partial charge in [0, 0.05) is 17.0 Å². The Bertz CT molecular complexity index is 648. The molecule has 0 bridgehead atoms. The summed E-state index contributed by atoms with van der Waals surface area (Å²) in [5.41, 5.74) is 4.22. The van der Waals surface area contributed by atoms with Gasteiger partial charge in [0.1, 0.15) is 5.75 Å². The zero-order valence-corrected chi connectivity index (χ0v) is 13.0. The molecule has 21 heavy (non-hydrogen) atoms. The SMILES string of the molecule is Oc1ccc2c(c1)C(NC1CCCc3sccc31)CCC2. The van der Waals surface area contributed by atoms with Crippen LogP contribution in [0.4, 0.5) is 0 Å². The minimum absolute atomic E-state index is 0.386. The van der Waals surface area contributed by atoms with Gasteiger partial charge in [0.15, 0.2) is 0 Å². The Morgan fingerprint density at radius 3 is 2.71 bits per heavy atom. The molecule has 2 nitrogen and oxygen atoms in total. The first-order chi connectivity index (χ1) is 10.3. The highest BCUT2D eigenvalue weighted by molar-refractivity contribution is 7.10. The van der Waals surface area contributed by atoms with Crippen molar-refractivity contribution >= 4 is 11.3 Å². The molecule has 0 aliphatic heterocycles. The number of hydrogen-bond donors (Lipinski definition) is 2. The van der Waals surface area contributed by atoms with Crippen LogP contribution in [0.25, 0.3) is 0 Å².